The molecule has 6 heteroatoms. The Hall–Kier alpha value is -1.37. The zero-order chi connectivity index (χ0) is 11.5. The average Bonchev–Trinajstić information content (AvgIpc) is 2.61. The Morgan fingerprint density at radius 1 is 1.38 bits per heavy atom. The van der Waals surface area contributed by atoms with Gasteiger partial charge in [-0.05, 0) is 13.8 Å². The summed E-state index contributed by atoms with van der Waals surface area (Å²) in [6.07, 6.45) is 5.00. The maximum atomic E-state index is 5.58. The molecule has 0 aliphatic heterocycles. The molecule has 1 atom stereocenters. The van der Waals surface area contributed by atoms with E-state index in [2.05, 4.69) is 20.4 Å². The molecule has 0 aliphatic carbocycles. The van der Waals surface area contributed by atoms with Gasteiger partial charge in [0.25, 0.3) is 0 Å². The van der Waals surface area contributed by atoms with Gasteiger partial charge >= 0.3 is 0 Å². The van der Waals surface area contributed by atoms with Crippen LogP contribution in [0.1, 0.15) is 27.3 Å². The number of thiazole rings is 1. The molecular formula is C10H13N5S. The molecule has 3 N–H and O–H groups in total. The van der Waals surface area contributed by atoms with Gasteiger partial charge in [-0.1, -0.05) is 0 Å². The Balaban J connectivity index is 2.40. The highest BCUT2D eigenvalue weighted by Crippen LogP contribution is 2.27. The molecular weight excluding hydrogens is 222 g/mol. The summed E-state index contributed by atoms with van der Waals surface area (Å²) >= 11 is 1.62. The summed E-state index contributed by atoms with van der Waals surface area (Å²) in [6, 6.07) is -0.139. The molecule has 0 radical (unpaired) electrons. The maximum Gasteiger partial charge on any atom is 0.101 e. The lowest BCUT2D eigenvalue weighted by molar-refractivity contribution is 0.622. The minimum absolute atomic E-state index is 0.139. The third kappa shape index (κ3) is 2.08. The first kappa shape index (κ1) is 11.1. The van der Waals surface area contributed by atoms with E-state index in [0.29, 0.717) is 0 Å². The second kappa shape index (κ2) is 4.65. The Morgan fingerprint density at radius 2 is 2.19 bits per heavy atom. The van der Waals surface area contributed by atoms with Crippen LogP contribution in [-0.2, 0) is 0 Å². The third-order valence-electron chi connectivity index (χ3n) is 2.25. The van der Waals surface area contributed by atoms with Crippen molar-refractivity contribution in [1.82, 2.24) is 20.4 Å². The van der Waals surface area contributed by atoms with E-state index in [1.165, 1.54) is 0 Å². The van der Waals surface area contributed by atoms with Crippen LogP contribution in [-0.4, -0.2) is 15.0 Å². The topological polar surface area (TPSA) is 76.7 Å². The molecule has 0 saturated carbocycles. The van der Waals surface area contributed by atoms with Gasteiger partial charge < -0.3 is 0 Å². The van der Waals surface area contributed by atoms with Crippen molar-refractivity contribution in [3.63, 3.8) is 0 Å². The van der Waals surface area contributed by atoms with Crippen molar-refractivity contribution in [1.29, 1.82) is 0 Å². The number of aryl methyl sites for hydroxylation is 2. The number of nitrogens with two attached hydrogens (primary N) is 1. The van der Waals surface area contributed by atoms with Gasteiger partial charge in [0.15, 0.2) is 0 Å². The summed E-state index contributed by atoms with van der Waals surface area (Å²) in [5, 5.41) is 1.02. The van der Waals surface area contributed by atoms with Crippen molar-refractivity contribution in [2.45, 2.75) is 19.9 Å². The molecule has 0 aliphatic rings. The van der Waals surface area contributed by atoms with E-state index in [0.717, 1.165) is 21.3 Å². The molecule has 84 valence electrons. The summed E-state index contributed by atoms with van der Waals surface area (Å²) in [7, 11) is 0. The monoisotopic (exact) mass is 235 g/mol. The molecule has 0 spiro atoms. The molecule has 0 fully saturated rings. The van der Waals surface area contributed by atoms with Gasteiger partial charge in [0.2, 0.25) is 0 Å². The second-order valence-electron chi connectivity index (χ2n) is 3.41. The van der Waals surface area contributed by atoms with E-state index < -0.39 is 0 Å². The molecule has 0 saturated heterocycles. The number of aromatic nitrogens is 3. The summed E-state index contributed by atoms with van der Waals surface area (Å²) < 4.78 is 0. The zero-order valence-electron chi connectivity index (χ0n) is 9.14. The fraction of sp³-hybridized carbons (Fsp3) is 0.300. The number of hydrogen-bond donors (Lipinski definition) is 2. The van der Waals surface area contributed by atoms with E-state index in [1.807, 2.05) is 13.8 Å². The predicted octanol–water partition coefficient (Wildman–Crippen LogP) is 1.10. The highest BCUT2D eigenvalue weighted by molar-refractivity contribution is 7.11. The quantitative estimate of drug-likeness (QED) is 0.615. The van der Waals surface area contributed by atoms with Gasteiger partial charge in [0.1, 0.15) is 6.04 Å². The molecule has 0 aromatic carbocycles. The molecule has 2 heterocycles. The fourth-order valence-corrected chi connectivity index (χ4v) is 2.57. The van der Waals surface area contributed by atoms with Gasteiger partial charge in [0, 0.05) is 12.4 Å². The van der Waals surface area contributed by atoms with E-state index in [9.17, 15) is 0 Å². The van der Waals surface area contributed by atoms with Crippen molar-refractivity contribution in [3.05, 3.63) is 39.9 Å². The fourth-order valence-electron chi connectivity index (χ4n) is 1.57. The van der Waals surface area contributed by atoms with Gasteiger partial charge in [0.05, 0.1) is 27.5 Å². The lowest BCUT2D eigenvalue weighted by atomic mass is 10.1. The average molecular weight is 235 g/mol. The van der Waals surface area contributed by atoms with Crippen LogP contribution in [0.25, 0.3) is 0 Å². The number of rotatable bonds is 3. The summed E-state index contributed by atoms with van der Waals surface area (Å²) in [4.78, 5) is 13.8. The number of nitrogens with one attached hydrogen (secondary N) is 1. The van der Waals surface area contributed by atoms with Crippen LogP contribution in [0.2, 0.25) is 0 Å². The van der Waals surface area contributed by atoms with Crippen LogP contribution < -0.4 is 11.3 Å². The Morgan fingerprint density at radius 3 is 2.69 bits per heavy atom. The number of hydrogen-bond acceptors (Lipinski definition) is 6. The SMILES string of the molecule is Cc1nc(C)c(C(NN)c2cnccn2)s1. The van der Waals surface area contributed by atoms with E-state index in [-0.39, 0.29) is 6.04 Å². The first-order valence-corrected chi connectivity index (χ1v) is 5.70. The summed E-state index contributed by atoms with van der Waals surface area (Å²) in [6.45, 7) is 3.95. The van der Waals surface area contributed by atoms with Gasteiger partial charge in [-0.2, -0.15) is 0 Å². The highest BCUT2D eigenvalue weighted by Gasteiger charge is 2.19. The van der Waals surface area contributed by atoms with Crippen LogP contribution >= 0.6 is 11.3 Å². The van der Waals surface area contributed by atoms with E-state index >= 15 is 0 Å². The zero-order valence-corrected chi connectivity index (χ0v) is 9.95. The lowest BCUT2D eigenvalue weighted by Gasteiger charge is -2.13. The molecule has 2 aromatic heterocycles. The van der Waals surface area contributed by atoms with E-state index in [4.69, 9.17) is 5.84 Å². The van der Waals surface area contributed by atoms with Crippen LogP contribution in [0.15, 0.2) is 18.6 Å². The van der Waals surface area contributed by atoms with Crippen molar-refractivity contribution in [2.75, 3.05) is 0 Å². The third-order valence-corrected chi connectivity index (χ3v) is 3.38. The van der Waals surface area contributed by atoms with E-state index in [1.54, 1.807) is 29.9 Å². The Bertz CT molecular complexity index is 467. The Kier molecular flexibility index (Phi) is 3.23. The first-order valence-electron chi connectivity index (χ1n) is 4.88. The number of hydrazine groups is 1. The molecule has 5 nitrogen and oxygen atoms in total. The van der Waals surface area contributed by atoms with Gasteiger partial charge in [-0.25, -0.2) is 10.4 Å². The molecule has 16 heavy (non-hydrogen) atoms. The van der Waals surface area contributed by atoms with Gasteiger partial charge in [-0.3, -0.25) is 15.8 Å². The predicted molar refractivity (Wildman–Crippen MR) is 62.8 cm³/mol. The van der Waals surface area contributed by atoms with Crippen molar-refractivity contribution in [2.24, 2.45) is 5.84 Å². The van der Waals surface area contributed by atoms with Gasteiger partial charge in [-0.15, -0.1) is 11.3 Å². The van der Waals surface area contributed by atoms with Crippen molar-refractivity contribution >= 4 is 11.3 Å². The highest BCUT2D eigenvalue weighted by atomic mass is 32.1. The normalized spacial score (nSPS) is 12.7. The maximum absolute atomic E-state index is 5.58. The first-order chi connectivity index (χ1) is 7.72. The number of nitrogens with zero attached hydrogens (tertiary/aromatic N) is 3. The molecule has 0 amide bonds. The van der Waals surface area contributed by atoms with Crippen LogP contribution in [0.5, 0.6) is 0 Å². The molecule has 2 aromatic rings. The molecule has 2 rings (SSSR count). The minimum Gasteiger partial charge on any atom is -0.270 e. The largest absolute Gasteiger partial charge is 0.270 e. The smallest absolute Gasteiger partial charge is 0.101 e. The van der Waals surface area contributed by atoms with Crippen LogP contribution in [0, 0.1) is 13.8 Å². The minimum atomic E-state index is -0.139. The lowest BCUT2D eigenvalue weighted by Crippen LogP contribution is -2.29. The summed E-state index contributed by atoms with van der Waals surface area (Å²) in [5.41, 5.74) is 4.54. The molecule has 0 bridgehead atoms. The van der Waals surface area contributed by atoms with Crippen LogP contribution in [0.4, 0.5) is 0 Å². The summed E-state index contributed by atoms with van der Waals surface area (Å²) in [5.74, 6) is 5.58. The van der Waals surface area contributed by atoms with Crippen molar-refractivity contribution < 1.29 is 0 Å². The second-order valence-corrected chi connectivity index (χ2v) is 4.65. The molecule has 1 unspecified atom stereocenters. The Labute approximate surface area is 97.7 Å². The van der Waals surface area contributed by atoms with Crippen LogP contribution in [0.3, 0.4) is 0 Å². The standard InChI is InChI=1S/C10H13N5S/c1-6-10(16-7(2)14-6)9(15-11)8-5-12-3-4-13-8/h3-5,9,15H,11H2,1-2H3. The van der Waals surface area contributed by atoms with Crippen molar-refractivity contribution in [3.8, 4) is 0 Å².